The highest BCUT2D eigenvalue weighted by Gasteiger charge is 2.23. The van der Waals surface area contributed by atoms with E-state index in [0.717, 1.165) is 19.3 Å². The van der Waals surface area contributed by atoms with Gasteiger partial charge in [0.2, 0.25) is 0 Å². The number of rotatable bonds is 15. The van der Waals surface area contributed by atoms with Gasteiger partial charge < -0.3 is 34.7 Å². The number of hydrogen-bond acceptors (Lipinski definition) is 6. The molecule has 0 aliphatic heterocycles. The van der Waals surface area contributed by atoms with Crippen molar-refractivity contribution in [3.63, 3.8) is 0 Å². The first-order chi connectivity index (χ1) is 13.4. The highest BCUT2D eigenvalue weighted by Crippen LogP contribution is 2.25. The Morgan fingerprint density at radius 1 is 0.966 bits per heavy atom. The van der Waals surface area contributed by atoms with Gasteiger partial charge in [0.1, 0.15) is 12.2 Å². The lowest BCUT2D eigenvalue weighted by Gasteiger charge is -2.23. The minimum absolute atomic E-state index is 0.122. The van der Waals surface area contributed by atoms with Gasteiger partial charge in [0.25, 0.3) is 0 Å². The van der Waals surface area contributed by atoms with Crippen LogP contribution in [-0.2, 0) is 14.1 Å². The Hall–Kier alpha value is -0.800. The van der Waals surface area contributed by atoms with Crippen LogP contribution in [0.25, 0.3) is 0 Å². The summed E-state index contributed by atoms with van der Waals surface area (Å²) in [4.78, 5) is 33.3. The van der Waals surface area contributed by atoms with Gasteiger partial charge in [0, 0.05) is 12.0 Å². The molecule has 0 heterocycles. The topological polar surface area (TPSA) is 165 Å². The van der Waals surface area contributed by atoms with Crippen molar-refractivity contribution in [3.05, 3.63) is 12.2 Å². The summed E-state index contributed by atoms with van der Waals surface area (Å²) >= 11 is 0. The molecular weight excluding hydrogens is 403 g/mol. The zero-order valence-electron chi connectivity index (χ0n) is 17.6. The minimum atomic E-state index is -4.64. The molecule has 0 aliphatic rings. The second kappa shape index (κ2) is 18.0. The summed E-state index contributed by atoms with van der Waals surface area (Å²) in [7, 11) is -4.64. The Morgan fingerprint density at radius 2 is 1.41 bits per heavy atom. The predicted octanol–water partition coefficient (Wildman–Crippen LogP) is 2.18. The van der Waals surface area contributed by atoms with Crippen molar-refractivity contribution in [2.45, 2.75) is 96.4 Å². The monoisotopic (exact) mass is 442 g/mol. The largest absolute Gasteiger partial charge is 0.466 e. The van der Waals surface area contributed by atoms with Crippen LogP contribution in [0.5, 0.6) is 0 Å². The van der Waals surface area contributed by atoms with Gasteiger partial charge in [0.15, 0.2) is 0 Å². The van der Waals surface area contributed by atoms with Crippen molar-refractivity contribution in [2.24, 2.45) is 0 Å². The van der Waals surface area contributed by atoms with Crippen LogP contribution in [0.15, 0.2) is 12.2 Å². The molecule has 10 heteroatoms. The number of aliphatic hydroxyl groups excluding tert-OH is 3. The summed E-state index contributed by atoms with van der Waals surface area (Å²) in [6.07, 6.45) is 7.43. The maximum atomic E-state index is 11.7. The standard InChI is InChI=1S/C19H36O5.H3O4P/c1-4-5-6-7-8-9-10-11-12-16(24-19(23)15(2)3)13-17(21)18(22)14-20;1-5(2,3)4/h16-18,20-22H,2,4-14H2,1,3H3;(H3,1,2,3,4). The predicted molar refractivity (Wildman–Crippen MR) is 110 cm³/mol. The van der Waals surface area contributed by atoms with Gasteiger partial charge in [-0.1, -0.05) is 58.4 Å². The SMILES string of the molecule is C=C(C)C(=O)OC(CCCCCCCCCC)CC(O)C(O)CO.O=P(O)(O)O. The molecule has 0 rings (SSSR count). The summed E-state index contributed by atoms with van der Waals surface area (Å²) in [6, 6.07) is 0. The summed E-state index contributed by atoms with van der Waals surface area (Å²) in [5, 5.41) is 28.2. The van der Waals surface area contributed by atoms with E-state index in [2.05, 4.69) is 13.5 Å². The molecule has 0 saturated heterocycles. The average molecular weight is 442 g/mol. The van der Waals surface area contributed by atoms with Crippen molar-refractivity contribution in [1.82, 2.24) is 0 Å². The van der Waals surface area contributed by atoms with Crippen LogP contribution in [0.1, 0.15) is 78.1 Å². The number of aliphatic hydroxyl groups is 3. The Bertz CT molecular complexity index is 470. The molecule has 0 bridgehead atoms. The van der Waals surface area contributed by atoms with Crippen molar-refractivity contribution in [1.29, 1.82) is 0 Å². The van der Waals surface area contributed by atoms with Crippen LogP contribution in [0.2, 0.25) is 0 Å². The molecule has 0 aromatic rings. The lowest BCUT2D eigenvalue weighted by molar-refractivity contribution is -0.147. The van der Waals surface area contributed by atoms with Crippen LogP contribution in [0.4, 0.5) is 0 Å². The molecule has 29 heavy (non-hydrogen) atoms. The van der Waals surface area contributed by atoms with Crippen LogP contribution >= 0.6 is 7.82 Å². The number of carbonyl (C=O) groups is 1. The van der Waals surface area contributed by atoms with E-state index in [1.165, 1.54) is 32.1 Å². The molecule has 0 spiro atoms. The third kappa shape index (κ3) is 23.3. The molecule has 174 valence electrons. The smallest absolute Gasteiger partial charge is 0.459 e. The van der Waals surface area contributed by atoms with Gasteiger partial charge >= 0.3 is 13.8 Å². The Labute approximate surface area is 173 Å². The van der Waals surface area contributed by atoms with E-state index in [1.807, 2.05) is 0 Å². The zero-order valence-corrected chi connectivity index (χ0v) is 18.5. The molecule has 0 aromatic heterocycles. The molecule has 0 radical (unpaired) electrons. The second-order valence-corrected chi connectivity index (χ2v) is 8.16. The normalized spacial score (nSPS) is 14.3. The molecule has 0 aromatic carbocycles. The number of esters is 1. The fourth-order valence-corrected chi connectivity index (χ4v) is 2.53. The summed E-state index contributed by atoms with van der Waals surface area (Å²) in [6.45, 7) is 6.82. The number of ether oxygens (including phenoxy) is 1. The molecule has 0 saturated carbocycles. The van der Waals surface area contributed by atoms with Crippen LogP contribution < -0.4 is 0 Å². The lowest BCUT2D eigenvalue weighted by atomic mass is 10.0. The highest BCUT2D eigenvalue weighted by atomic mass is 31.2. The molecule has 6 N–H and O–H groups in total. The van der Waals surface area contributed by atoms with Crippen molar-refractivity contribution in [2.75, 3.05) is 6.61 Å². The van der Waals surface area contributed by atoms with Crippen LogP contribution in [0.3, 0.4) is 0 Å². The van der Waals surface area contributed by atoms with E-state index in [9.17, 15) is 15.0 Å². The van der Waals surface area contributed by atoms with Crippen LogP contribution in [-0.4, -0.2) is 60.9 Å². The quantitative estimate of drug-likeness (QED) is 0.0965. The average Bonchev–Trinajstić information content (AvgIpc) is 2.61. The van der Waals surface area contributed by atoms with Gasteiger partial charge in [0.05, 0.1) is 12.7 Å². The Balaban J connectivity index is 0. The molecular formula is C19H39O9P. The van der Waals surface area contributed by atoms with E-state index in [0.29, 0.717) is 12.0 Å². The number of phosphoric acid groups is 1. The van der Waals surface area contributed by atoms with Gasteiger partial charge in [-0.25, -0.2) is 9.36 Å². The molecule has 3 atom stereocenters. The summed E-state index contributed by atoms with van der Waals surface area (Å²) in [5.41, 5.74) is 0.313. The molecule has 9 nitrogen and oxygen atoms in total. The van der Waals surface area contributed by atoms with Gasteiger partial charge in [-0.3, -0.25) is 0 Å². The third-order valence-electron chi connectivity index (χ3n) is 4.14. The van der Waals surface area contributed by atoms with Gasteiger partial charge in [-0.2, -0.15) is 0 Å². The third-order valence-corrected chi connectivity index (χ3v) is 4.14. The fraction of sp³-hybridized carbons (Fsp3) is 0.842. The number of hydrogen-bond donors (Lipinski definition) is 6. The van der Waals surface area contributed by atoms with E-state index in [1.54, 1.807) is 6.92 Å². The number of unbranched alkanes of at least 4 members (excludes halogenated alkanes) is 7. The molecule has 3 unspecified atom stereocenters. The summed E-state index contributed by atoms with van der Waals surface area (Å²) < 4.78 is 14.2. The lowest BCUT2D eigenvalue weighted by Crippen LogP contribution is -2.34. The van der Waals surface area contributed by atoms with Crippen molar-refractivity contribution < 1.29 is 44.1 Å². The van der Waals surface area contributed by atoms with E-state index < -0.39 is 38.7 Å². The van der Waals surface area contributed by atoms with E-state index in [4.69, 9.17) is 29.1 Å². The van der Waals surface area contributed by atoms with Crippen molar-refractivity contribution >= 4 is 13.8 Å². The second-order valence-electron chi connectivity index (χ2n) is 7.14. The maximum absolute atomic E-state index is 11.7. The zero-order chi connectivity index (χ0) is 22.9. The first-order valence-electron chi connectivity index (χ1n) is 10.0. The van der Waals surface area contributed by atoms with E-state index in [-0.39, 0.29) is 6.42 Å². The molecule has 0 amide bonds. The highest BCUT2D eigenvalue weighted by molar-refractivity contribution is 7.45. The first-order valence-corrected chi connectivity index (χ1v) is 11.6. The Morgan fingerprint density at radius 3 is 1.83 bits per heavy atom. The fourth-order valence-electron chi connectivity index (χ4n) is 2.53. The number of carbonyl (C=O) groups excluding carboxylic acids is 1. The van der Waals surface area contributed by atoms with Crippen molar-refractivity contribution in [3.8, 4) is 0 Å². The summed E-state index contributed by atoms with van der Waals surface area (Å²) in [5.74, 6) is -0.481. The maximum Gasteiger partial charge on any atom is 0.466 e. The van der Waals surface area contributed by atoms with Gasteiger partial charge in [-0.15, -0.1) is 0 Å². The Kier molecular flexibility index (Phi) is 18.9. The van der Waals surface area contributed by atoms with Gasteiger partial charge in [-0.05, 0) is 19.8 Å². The van der Waals surface area contributed by atoms with Crippen LogP contribution in [0, 0.1) is 0 Å². The molecule has 0 aliphatic carbocycles. The minimum Gasteiger partial charge on any atom is -0.459 e. The van der Waals surface area contributed by atoms with E-state index >= 15 is 0 Å². The molecule has 0 fully saturated rings. The first kappa shape index (κ1) is 30.4.